The van der Waals surface area contributed by atoms with Crippen molar-refractivity contribution in [1.82, 2.24) is 30.6 Å². The Balaban J connectivity index is 1.93. The molecule has 3 atom stereocenters. The molecule has 2 heterocycles. The second-order valence-electron chi connectivity index (χ2n) is 6.74. The van der Waals surface area contributed by atoms with Gasteiger partial charge in [0.15, 0.2) is 6.10 Å². The van der Waals surface area contributed by atoms with Crippen LogP contribution in [-0.2, 0) is 5.60 Å². The number of aromatic nitrogens is 6. The first-order valence-electron chi connectivity index (χ1n) is 8.81. The lowest BCUT2D eigenvalue weighted by atomic mass is 9.80. The van der Waals surface area contributed by atoms with Crippen molar-refractivity contribution in [3.8, 4) is 5.75 Å². The van der Waals surface area contributed by atoms with Gasteiger partial charge in [0, 0.05) is 17.1 Å². The highest BCUT2D eigenvalue weighted by Gasteiger charge is 2.60. The number of tetrazole rings is 1. The molecule has 3 rings (SSSR count). The van der Waals surface area contributed by atoms with Crippen molar-refractivity contribution >= 4 is 11.6 Å². The molecule has 0 aliphatic carbocycles. The number of nitrogens with one attached hydrogen (secondary N) is 1. The fourth-order valence-corrected chi connectivity index (χ4v) is 3.29. The lowest BCUT2D eigenvalue weighted by molar-refractivity contribution is -0.276. The summed E-state index contributed by atoms with van der Waals surface area (Å²) in [5.41, 5.74) is -3.42. The summed E-state index contributed by atoms with van der Waals surface area (Å²) in [7, 11) is 0. The summed E-state index contributed by atoms with van der Waals surface area (Å²) in [4.78, 5) is 7.59. The molecule has 3 aromatic rings. The van der Waals surface area contributed by atoms with E-state index in [2.05, 4.69) is 30.6 Å². The molecule has 1 aromatic carbocycles. The predicted octanol–water partition coefficient (Wildman–Crippen LogP) is 3.65. The molecule has 0 spiro atoms. The number of ether oxygens (including phenoxy) is 1. The Hall–Kier alpha value is -2.79. The number of halogens is 4. The lowest BCUT2D eigenvalue weighted by Gasteiger charge is -2.35. The van der Waals surface area contributed by atoms with Crippen molar-refractivity contribution in [2.75, 3.05) is 0 Å². The zero-order valence-electron chi connectivity index (χ0n) is 16.1. The topological polar surface area (TPSA) is 110 Å². The minimum absolute atomic E-state index is 0.0111. The molecule has 30 heavy (non-hydrogen) atoms. The number of nitrogens with zero attached hydrogens (tertiary/aromatic N) is 5. The van der Waals surface area contributed by atoms with Crippen molar-refractivity contribution < 1.29 is 23.0 Å². The van der Waals surface area contributed by atoms with E-state index in [4.69, 9.17) is 16.3 Å². The molecular formula is C18H18ClF3N6O2. The number of H-pyrrole nitrogens is 1. The van der Waals surface area contributed by atoms with Gasteiger partial charge in [-0.3, -0.25) is 9.97 Å². The maximum atomic E-state index is 14.0. The predicted molar refractivity (Wildman–Crippen MR) is 99.8 cm³/mol. The van der Waals surface area contributed by atoms with E-state index in [0.717, 1.165) is 12.4 Å². The first-order valence-corrected chi connectivity index (χ1v) is 9.19. The maximum absolute atomic E-state index is 14.0. The van der Waals surface area contributed by atoms with E-state index in [0.29, 0.717) is 17.3 Å². The Bertz CT molecular complexity index is 1000. The number of benzene rings is 1. The SMILES string of the molecule is Cc1cnc(C(O)(C(C)c2ccc(OC(C)c3nn[nH]n3)cc2Cl)C(F)(F)F)cn1. The number of aryl methyl sites for hydroxylation is 1. The molecule has 0 fully saturated rings. The molecule has 0 saturated carbocycles. The Morgan fingerprint density at radius 1 is 1.17 bits per heavy atom. The Morgan fingerprint density at radius 2 is 1.90 bits per heavy atom. The number of aromatic amines is 1. The summed E-state index contributed by atoms with van der Waals surface area (Å²) in [6, 6.07) is 4.18. The summed E-state index contributed by atoms with van der Waals surface area (Å²) in [5, 5.41) is 24.1. The van der Waals surface area contributed by atoms with Gasteiger partial charge in [-0.25, -0.2) is 0 Å². The highest BCUT2D eigenvalue weighted by molar-refractivity contribution is 6.31. The quantitative estimate of drug-likeness (QED) is 0.599. The molecule has 0 aliphatic heterocycles. The molecular weight excluding hydrogens is 425 g/mol. The molecule has 12 heteroatoms. The van der Waals surface area contributed by atoms with Gasteiger partial charge >= 0.3 is 6.18 Å². The van der Waals surface area contributed by atoms with Crippen LogP contribution in [0.1, 0.15) is 48.6 Å². The first-order chi connectivity index (χ1) is 14.0. The third-order valence-corrected chi connectivity index (χ3v) is 5.03. The molecule has 0 amide bonds. The molecule has 160 valence electrons. The number of hydrogen-bond acceptors (Lipinski definition) is 7. The summed E-state index contributed by atoms with van der Waals surface area (Å²) in [6.07, 6.45) is -3.52. The summed E-state index contributed by atoms with van der Waals surface area (Å²) in [6.45, 7) is 4.48. The van der Waals surface area contributed by atoms with E-state index in [9.17, 15) is 18.3 Å². The van der Waals surface area contributed by atoms with Crippen molar-refractivity contribution in [3.05, 3.63) is 58.4 Å². The van der Waals surface area contributed by atoms with Crippen LogP contribution in [0.15, 0.2) is 30.6 Å². The second kappa shape index (κ2) is 8.15. The standard InChI is InChI=1S/C18H18ClF3N6O2/c1-9-7-24-15(8-23-9)17(29,18(20,21)22)10(2)13-5-4-12(6-14(13)19)30-11(3)16-25-27-28-26-16/h4-8,10-11,29H,1-3H3,(H,25,26,27,28). The molecule has 0 bridgehead atoms. The average molecular weight is 443 g/mol. The molecule has 3 unspecified atom stereocenters. The van der Waals surface area contributed by atoms with E-state index in [1.165, 1.54) is 25.1 Å². The summed E-state index contributed by atoms with van der Waals surface area (Å²) >= 11 is 6.26. The van der Waals surface area contributed by atoms with Gasteiger partial charge in [0.05, 0.1) is 11.9 Å². The van der Waals surface area contributed by atoms with E-state index in [1.54, 1.807) is 13.8 Å². The van der Waals surface area contributed by atoms with E-state index in [1.807, 2.05) is 0 Å². The molecule has 2 N–H and O–H groups in total. The number of aliphatic hydroxyl groups is 1. The van der Waals surface area contributed by atoms with Crippen molar-refractivity contribution in [3.63, 3.8) is 0 Å². The van der Waals surface area contributed by atoms with Crippen LogP contribution in [0.5, 0.6) is 5.75 Å². The van der Waals surface area contributed by atoms with Crippen molar-refractivity contribution in [2.24, 2.45) is 0 Å². The van der Waals surface area contributed by atoms with Crippen LogP contribution in [0.25, 0.3) is 0 Å². The van der Waals surface area contributed by atoms with E-state index >= 15 is 0 Å². The van der Waals surface area contributed by atoms with Gasteiger partial charge in [-0.15, -0.1) is 10.2 Å². The van der Waals surface area contributed by atoms with Crippen molar-refractivity contribution in [1.29, 1.82) is 0 Å². The molecule has 0 saturated heterocycles. The second-order valence-corrected chi connectivity index (χ2v) is 7.15. The lowest BCUT2D eigenvalue weighted by Crippen LogP contribution is -2.47. The molecule has 0 aliphatic rings. The highest BCUT2D eigenvalue weighted by atomic mass is 35.5. The maximum Gasteiger partial charge on any atom is 0.423 e. The van der Waals surface area contributed by atoms with Crippen LogP contribution in [0.2, 0.25) is 5.02 Å². The number of rotatable bonds is 6. The fourth-order valence-electron chi connectivity index (χ4n) is 2.96. The summed E-state index contributed by atoms with van der Waals surface area (Å²) in [5.74, 6) is -0.891. The van der Waals surface area contributed by atoms with Gasteiger partial charge in [0.1, 0.15) is 11.4 Å². The van der Waals surface area contributed by atoms with Gasteiger partial charge in [-0.1, -0.05) is 29.8 Å². The van der Waals surface area contributed by atoms with Crippen LogP contribution in [-0.4, -0.2) is 41.9 Å². The Labute approximate surface area is 174 Å². The third-order valence-electron chi connectivity index (χ3n) is 4.71. The minimum atomic E-state index is -5.03. The summed E-state index contributed by atoms with van der Waals surface area (Å²) < 4.78 is 47.5. The van der Waals surface area contributed by atoms with Gasteiger partial charge in [0.25, 0.3) is 0 Å². The molecule has 8 nitrogen and oxygen atoms in total. The highest BCUT2D eigenvalue weighted by Crippen LogP contribution is 2.49. The third kappa shape index (κ3) is 4.08. The van der Waals surface area contributed by atoms with Gasteiger partial charge in [0.2, 0.25) is 11.4 Å². The van der Waals surface area contributed by atoms with Gasteiger partial charge < -0.3 is 9.84 Å². The average Bonchev–Trinajstić information content (AvgIpc) is 3.21. The normalized spacial score (nSPS) is 16.0. The van der Waals surface area contributed by atoms with E-state index in [-0.39, 0.29) is 10.6 Å². The van der Waals surface area contributed by atoms with Crippen LogP contribution < -0.4 is 4.74 Å². The first kappa shape index (κ1) is 21.9. The number of hydrogen-bond donors (Lipinski definition) is 2. The Morgan fingerprint density at radius 3 is 2.43 bits per heavy atom. The van der Waals surface area contributed by atoms with Crippen LogP contribution in [0.4, 0.5) is 13.2 Å². The van der Waals surface area contributed by atoms with Gasteiger partial charge in [-0.05, 0) is 31.5 Å². The van der Waals surface area contributed by atoms with Crippen molar-refractivity contribution in [2.45, 2.75) is 44.6 Å². The van der Waals surface area contributed by atoms with Crippen LogP contribution in [0.3, 0.4) is 0 Å². The van der Waals surface area contributed by atoms with Gasteiger partial charge in [-0.2, -0.15) is 18.4 Å². The smallest absolute Gasteiger partial charge is 0.423 e. The van der Waals surface area contributed by atoms with Crippen LogP contribution in [0, 0.1) is 6.92 Å². The molecule has 0 radical (unpaired) electrons. The minimum Gasteiger partial charge on any atom is -0.483 e. The van der Waals surface area contributed by atoms with Crippen LogP contribution >= 0.6 is 11.6 Å². The van der Waals surface area contributed by atoms with E-state index < -0.39 is 29.5 Å². The zero-order valence-corrected chi connectivity index (χ0v) is 16.9. The Kier molecular flexibility index (Phi) is 5.95. The fraction of sp³-hybridized carbons (Fsp3) is 0.389. The number of alkyl halides is 3. The molecule has 2 aromatic heterocycles. The zero-order chi connectivity index (χ0) is 22.1. The largest absolute Gasteiger partial charge is 0.483 e. The monoisotopic (exact) mass is 442 g/mol.